The van der Waals surface area contributed by atoms with Crippen LogP contribution in [0.5, 0.6) is 5.75 Å². The van der Waals surface area contributed by atoms with Crippen molar-refractivity contribution in [2.75, 3.05) is 7.11 Å². The summed E-state index contributed by atoms with van der Waals surface area (Å²) in [7, 11) is 1.69. The number of ether oxygens (including phenoxy) is 1. The van der Waals surface area contributed by atoms with E-state index in [2.05, 4.69) is 59.5 Å². The summed E-state index contributed by atoms with van der Waals surface area (Å²) in [6.45, 7) is 0.986. The average molecular weight is 540 g/mol. The molecule has 2 saturated heterocycles. The highest BCUT2D eigenvalue weighted by Crippen LogP contribution is 2.44. The normalized spacial score (nSPS) is 19.1. The lowest BCUT2D eigenvalue weighted by Gasteiger charge is -2.37. The lowest BCUT2D eigenvalue weighted by molar-refractivity contribution is -0.137. The van der Waals surface area contributed by atoms with Crippen molar-refractivity contribution >= 4 is 5.57 Å². The highest BCUT2D eigenvalue weighted by Gasteiger charge is 2.39. The molecule has 0 saturated carbocycles. The van der Waals surface area contributed by atoms with Crippen molar-refractivity contribution in [3.05, 3.63) is 131 Å². The lowest BCUT2D eigenvalue weighted by Crippen LogP contribution is -2.40. The zero-order valence-corrected chi connectivity index (χ0v) is 22.5. The number of piperidine rings is 1. The first-order valence-corrected chi connectivity index (χ1v) is 13.8. The van der Waals surface area contributed by atoms with Gasteiger partial charge in [-0.25, -0.2) is 0 Å². The molecule has 2 atom stereocenters. The number of benzene rings is 4. The maximum atomic E-state index is 13.0. The molecule has 4 aromatic carbocycles. The van der Waals surface area contributed by atoms with Gasteiger partial charge in [-0.05, 0) is 83.3 Å². The van der Waals surface area contributed by atoms with Gasteiger partial charge in [0.25, 0.3) is 0 Å². The van der Waals surface area contributed by atoms with Gasteiger partial charge < -0.3 is 4.74 Å². The van der Waals surface area contributed by atoms with Crippen LogP contribution < -0.4 is 4.74 Å². The predicted octanol–water partition coefficient (Wildman–Crippen LogP) is 9.01. The molecule has 2 heterocycles. The Kier molecular flexibility index (Phi) is 7.24. The Bertz CT molecular complexity index is 1470. The second-order valence-corrected chi connectivity index (χ2v) is 10.8. The molecular formula is C35H32F3NO. The van der Waals surface area contributed by atoms with Crippen LogP contribution in [0.3, 0.4) is 0 Å². The molecule has 0 aromatic heterocycles. The van der Waals surface area contributed by atoms with Crippen LogP contribution in [0.1, 0.15) is 47.9 Å². The number of hydrogen-bond acceptors (Lipinski definition) is 2. The van der Waals surface area contributed by atoms with Gasteiger partial charge >= 0.3 is 6.18 Å². The van der Waals surface area contributed by atoms with Gasteiger partial charge in [0.2, 0.25) is 0 Å². The zero-order valence-electron chi connectivity index (χ0n) is 22.5. The van der Waals surface area contributed by atoms with E-state index >= 15 is 0 Å². The summed E-state index contributed by atoms with van der Waals surface area (Å²) in [5.74, 6) is 0.821. The van der Waals surface area contributed by atoms with Crippen LogP contribution in [-0.2, 0) is 12.7 Å². The van der Waals surface area contributed by atoms with E-state index < -0.39 is 11.7 Å². The van der Waals surface area contributed by atoms with Crippen LogP contribution in [0.25, 0.3) is 16.7 Å². The molecule has 2 bridgehead atoms. The molecule has 2 aliphatic rings. The van der Waals surface area contributed by atoms with Crippen molar-refractivity contribution in [1.82, 2.24) is 4.90 Å². The van der Waals surface area contributed by atoms with Crippen LogP contribution in [0.2, 0.25) is 0 Å². The van der Waals surface area contributed by atoms with E-state index in [0.717, 1.165) is 59.5 Å². The SMILES string of the molecule is COc1cccc(C(=C2CC3CCC(C2)N3Cc2ccccc2)c2ccc(-c3ccc(C(F)(F)F)cc3)cc2)c1. The van der Waals surface area contributed by atoms with Gasteiger partial charge in [0, 0.05) is 18.6 Å². The number of fused-ring (bicyclic) bond motifs is 2. The Balaban J connectivity index is 1.34. The molecule has 2 unspecified atom stereocenters. The number of alkyl halides is 3. The minimum absolute atomic E-state index is 0.515. The maximum absolute atomic E-state index is 13.0. The predicted molar refractivity (Wildman–Crippen MR) is 154 cm³/mol. The van der Waals surface area contributed by atoms with E-state index in [4.69, 9.17) is 4.74 Å². The first kappa shape index (κ1) is 26.4. The quantitative estimate of drug-likeness (QED) is 0.242. The van der Waals surface area contributed by atoms with Crippen LogP contribution in [0.15, 0.2) is 109 Å². The van der Waals surface area contributed by atoms with Crippen LogP contribution >= 0.6 is 0 Å². The van der Waals surface area contributed by atoms with Gasteiger partial charge in [0.1, 0.15) is 5.75 Å². The van der Waals surface area contributed by atoms with E-state index in [-0.39, 0.29) is 0 Å². The third-order valence-electron chi connectivity index (χ3n) is 8.37. The summed E-state index contributed by atoms with van der Waals surface area (Å²) in [4.78, 5) is 2.69. The number of halogens is 3. The third-order valence-corrected chi connectivity index (χ3v) is 8.37. The van der Waals surface area contributed by atoms with Crippen molar-refractivity contribution in [3.8, 4) is 16.9 Å². The molecule has 2 fully saturated rings. The second kappa shape index (κ2) is 11.0. The fourth-order valence-corrected chi connectivity index (χ4v) is 6.40. The smallest absolute Gasteiger partial charge is 0.416 e. The van der Waals surface area contributed by atoms with Crippen molar-refractivity contribution in [2.24, 2.45) is 0 Å². The molecule has 4 aromatic rings. The summed E-state index contributed by atoms with van der Waals surface area (Å²) >= 11 is 0. The minimum Gasteiger partial charge on any atom is -0.497 e. The Morgan fingerprint density at radius 3 is 1.98 bits per heavy atom. The van der Waals surface area contributed by atoms with Crippen molar-refractivity contribution < 1.29 is 17.9 Å². The third kappa shape index (κ3) is 5.44. The molecule has 204 valence electrons. The Labute approximate surface area is 233 Å². The molecule has 0 N–H and O–H groups in total. The van der Waals surface area contributed by atoms with Gasteiger partial charge in [-0.2, -0.15) is 13.2 Å². The Hall–Kier alpha value is -3.83. The molecule has 5 heteroatoms. The Morgan fingerprint density at radius 2 is 1.38 bits per heavy atom. The first-order chi connectivity index (χ1) is 19.4. The topological polar surface area (TPSA) is 12.5 Å². The molecule has 6 rings (SSSR count). The molecule has 40 heavy (non-hydrogen) atoms. The maximum Gasteiger partial charge on any atom is 0.416 e. The van der Waals surface area contributed by atoms with E-state index in [9.17, 15) is 13.2 Å². The molecule has 0 spiro atoms. The first-order valence-electron chi connectivity index (χ1n) is 13.8. The summed E-state index contributed by atoms with van der Waals surface area (Å²) in [5.41, 5.74) is 7.35. The largest absolute Gasteiger partial charge is 0.497 e. The number of methoxy groups -OCH3 is 1. The van der Waals surface area contributed by atoms with Gasteiger partial charge in [-0.3, -0.25) is 4.90 Å². The van der Waals surface area contributed by atoms with Gasteiger partial charge in [0.15, 0.2) is 0 Å². The number of rotatable bonds is 6. The summed E-state index contributed by atoms with van der Waals surface area (Å²) in [6, 6.07) is 33.6. The van der Waals surface area contributed by atoms with E-state index in [1.54, 1.807) is 19.2 Å². The van der Waals surface area contributed by atoms with E-state index in [1.807, 2.05) is 24.3 Å². The van der Waals surface area contributed by atoms with Crippen molar-refractivity contribution in [3.63, 3.8) is 0 Å². The van der Waals surface area contributed by atoms with Gasteiger partial charge in [0.05, 0.1) is 12.7 Å². The summed E-state index contributed by atoms with van der Waals surface area (Å²) < 4.78 is 44.7. The van der Waals surface area contributed by atoms with Gasteiger partial charge in [-0.15, -0.1) is 0 Å². The molecule has 2 aliphatic heterocycles. The minimum atomic E-state index is -4.34. The molecule has 0 amide bonds. The van der Waals surface area contributed by atoms with Gasteiger partial charge in [-0.1, -0.05) is 84.4 Å². The standard InChI is InChI=1S/C35H32F3NO/c1-40-33-9-5-8-28(22-33)34(27-12-10-25(11-13-27)26-14-16-30(17-15-26)35(36,37)38)29-20-31-18-19-32(21-29)39(31)23-24-6-3-2-4-7-24/h2-17,22,31-32H,18-21,23H2,1H3. The highest BCUT2D eigenvalue weighted by atomic mass is 19.4. The summed E-state index contributed by atoms with van der Waals surface area (Å²) in [5, 5.41) is 0. The fraction of sp³-hybridized carbons (Fsp3) is 0.257. The lowest BCUT2D eigenvalue weighted by atomic mass is 9.85. The van der Waals surface area contributed by atoms with Crippen molar-refractivity contribution in [1.29, 1.82) is 0 Å². The van der Waals surface area contributed by atoms with E-state index in [1.165, 1.54) is 29.6 Å². The summed E-state index contributed by atoms with van der Waals surface area (Å²) in [6.07, 6.45) is 0.127. The fourth-order valence-electron chi connectivity index (χ4n) is 6.40. The van der Waals surface area contributed by atoms with E-state index in [0.29, 0.717) is 12.1 Å². The molecule has 2 nitrogen and oxygen atoms in total. The Morgan fingerprint density at radius 1 is 0.750 bits per heavy atom. The highest BCUT2D eigenvalue weighted by molar-refractivity contribution is 5.84. The zero-order chi connectivity index (χ0) is 27.7. The molecular weight excluding hydrogens is 507 g/mol. The van der Waals surface area contributed by atoms with Crippen LogP contribution in [-0.4, -0.2) is 24.1 Å². The van der Waals surface area contributed by atoms with Crippen molar-refractivity contribution in [2.45, 2.75) is 50.5 Å². The average Bonchev–Trinajstić information content (AvgIpc) is 3.19. The van der Waals surface area contributed by atoms with Crippen LogP contribution in [0, 0.1) is 0 Å². The number of hydrogen-bond donors (Lipinski definition) is 0. The second-order valence-electron chi connectivity index (χ2n) is 10.8. The molecule has 0 radical (unpaired) electrons. The monoisotopic (exact) mass is 539 g/mol. The van der Waals surface area contributed by atoms with Crippen LogP contribution in [0.4, 0.5) is 13.2 Å². The molecule has 0 aliphatic carbocycles. The number of nitrogens with zero attached hydrogens (tertiary/aromatic N) is 1.